The van der Waals surface area contributed by atoms with Gasteiger partial charge in [0.05, 0.1) is 23.3 Å². The Labute approximate surface area is 177 Å². The molecule has 2 aromatic carbocycles. The quantitative estimate of drug-likeness (QED) is 0.484. The fourth-order valence-electron chi connectivity index (χ4n) is 4.05. The van der Waals surface area contributed by atoms with E-state index in [0.717, 1.165) is 18.5 Å². The van der Waals surface area contributed by atoms with Gasteiger partial charge in [0.1, 0.15) is 5.58 Å². The second-order valence-electron chi connectivity index (χ2n) is 7.28. The van der Waals surface area contributed by atoms with Crippen molar-refractivity contribution < 1.29 is 9.21 Å². The van der Waals surface area contributed by atoms with Crippen LogP contribution in [0.5, 0.6) is 0 Å². The van der Waals surface area contributed by atoms with Gasteiger partial charge in [0.15, 0.2) is 5.43 Å². The van der Waals surface area contributed by atoms with Crippen molar-refractivity contribution in [3.63, 3.8) is 0 Å². The zero-order valence-corrected chi connectivity index (χ0v) is 16.7. The van der Waals surface area contributed by atoms with E-state index in [2.05, 4.69) is 4.98 Å². The molecule has 1 atom stereocenters. The topological polar surface area (TPSA) is 68.3 Å². The van der Waals surface area contributed by atoms with Crippen LogP contribution in [0.3, 0.4) is 0 Å². The summed E-state index contributed by atoms with van der Waals surface area (Å²) in [6.45, 7) is 1.21. The lowest BCUT2D eigenvalue weighted by Crippen LogP contribution is -2.31. The lowest BCUT2D eigenvalue weighted by atomic mass is 9.98. The highest BCUT2D eigenvalue weighted by Gasteiger charge is 2.42. The molecule has 7 heteroatoms. The van der Waals surface area contributed by atoms with Crippen molar-refractivity contribution in [1.29, 1.82) is 0 Å². The molecule has 150 valence electrons. The minimum absolute atomic E-state index is 0.117. The molecule has 0 N–H and O–H groups in total. The van der Waals surface area contributed by atoms with Crippen LogP contribution in [-0.4, -0.2) is 26.9 Å². The predicted octanol–water partition coefficient (Wildman–Crippen LogP) is 4.28. The number of rotatable bonds is 5. The Balaban J connectivity index is 1.60. The molecular formula is C23H18ClN3O3. The van der Waals surface area contributed by atoms with Crippen molar-refractivity contribution in [2.24, 2.45) is 0 Å². The molecular weight excluding hydrogens is 402 g/mol. The van der Waals surface area contributed by atoms with Gasteiger partial charge in [-0.15, -0.1) is 0 Å². The molecule has 4 aromatic rings. The van der Waals surface area contributed by atoms with Crippen LogP contribution in [0.2, 0.25) is 5.02 Å². The van der Waals surface area contributed by atoms with E-state index in [-0.39, 0.29) is 17.1 Å². The van der Waals surface area contributed by atoms with Crippen LogP contribution in [0.4, 0.5) is 0 Å². The highest BCUT2D eigenvalue weighted by Crippen LogP contribution is 2.38. The molecule has 5 rings (SSSR count). The van der Waals surface area contributed by atoms with Gasteiger partial charge in [0.25, 0.3) is 5.91 Å². The summed E-state index contributed by atoms with van der Waals surface area (Å²) in [5.41, 5.74) is 1.40. The molecule has 0 fully saturated rings. The Bertz CT molecular complexity index is 1280. The Kier molecular flexibility index (Phi) is 4.64. The Morgan fingerprint density at radius 3 is 2.67 bits per heavy atom. The number of aromatic nitrogens is 2. The minimum Gasteiger partial charge on any atom is -0.450 e. The van der Waals surface area contributed by atoms with E-state index < -0.39 is 6.04 Å². The third kappa shape index (κ3) is 3.09. The standard InChI is InChI=1S/C23H18ClN3O3/c24-16-7-8-18-17(13-16)21(28)19-20(15-5-2-1-3-6-15)27(23(29)22(19)30-18)11-4-10-26-12-9-25-14-26/h1-3,5-9,12-14,20H,4,10-11H2. The van der Waals surface area contributed by atoms with Gasteiger partial charge >= 0.3 is 0 Å². The van der Waals surface area contributed by atoms with E-state index in [4.69, 9.17) is 16.0 Å². The number of benzene rings is 2. The maximum Gasteiger partial charge on any atom is 0.290 e. The van der Waals surface area contributed by atoms with Gasteiger partial charge in [-0.25, -0.2) is 4.98 Å². The van der Waals surface area contributed by atoms with Crippen LogP contribution >= 0.6 is 11.6 Å². The zero-order valence-electron chi connectivity index (χ0n) is 16.0. The van der Waals surface area contributed by atoms with Crippen LogP contribution in [0, 0.1) is 0 Å². The molecule has 2 aromatic heterocycles. The van der Waals surface area contributed by atoms with E-state index in [1.165, 1.54) is 0 Å². The lowest BCUT2D eigenvalue weighted by Gasteiger charge is -2.25. The van der Waals surface area contributed by atoms with Gasteiger partial charge in [0.2, 0.25) is 5.76 Å². The summed E-state index contributed by atoms with van der Waals surface area (Å²) in [6, 6.07) is 14.0. The van der Waals surface area contributed by atoms with E-state index in [1.54, 1.807) is 35.6 Å². The molecule has 1 amide bonds. The van der Waals surface area contributed by atoms with E-state index in [9.17, 15) is 9.59 Å². The van der Waals surface area contributed by atoms with Crippen molar-refractivity contribution in [1.82, 2.24) is 14.5 Å². The van der Waals surface area contributed by atoms with Gasteiger partial charge in [-0.2, -0.15) is 0 Å². The molecule has 0 bridgehead atoms. The molecule has 30 heavy (non-hydrogen) atoms. The average molecular weight is 420 g/mol. The van der Waals surface area contributed by atoms with Crippen LogP contribution in [-0.2, 0) is 6.54 Å². The van der Waals surface area contributed by atoms with Crippen molar-refractivity contribution in [2.45, 2.75) is 19.0 Å². The maximum atomic E-state index is 13.4. The van der Waals surface area contributed by atoms with Crippen molar-refractivity contribution >= 4 is 28.5 Å². The number of hydrogen-bond acceptors (Lipinski definition) is 4. The fraction of sp³-hybridized carbons (Fsp3) is 0.174. The molecule has 0 radical (unpaired) electrons. The van der Waals surface area contributed by atoms with Crippen molar-refractivity contribution in [3.05, 3.63) is 99.4 Å². The van der Waals surface area contributed by atoms with Crippen LogP contribution < -0.4 is 5.43 Å². The molecule has 0 aliphatic carbocycles. The first-order valence-electron chi connectivity index (χ1n) is 9.71. The summed E-state index contributed by atoms with van der Waals surface area (Å²) in [5, 5.41) is 0.836. The number of fused-ring (bicyclic) bond motifs is 2. The van der Waals surface area contributed by atoms with Gasteiger partial charge in [0, 0.05) is 30.5 Å². The number of carbonyl (C=O) groups excluding carboxylic acids is 1. The first-order valence-corrected chi connectivity index (χ1v) is 10.1. The smallest absolute Gasteiger partial charge is 0.290 e. The average Bonchev–Trinajstić information content (AvgIpc) is 3.37. The highest BCUT2D eigenvalue weighted by atomic mass is 35.5. The monoisotopic (exact) mass is 419 g/mol. The number of amides is 1. The number of aryl methyl sites for hydroxylation is 1. The molecule has 0 saturated heterocycles. The molecule has 6 nitrogen and oxygen atoms in total. The summed E-state index contributed by atoms with van der Waals surface area (Å²) < 4.78 is 7.88. The summed E-state index contributed by atoms with van der Waals surface area (Å²) in [4.78, 5) is 32.5. The van der Waals surface area contributed by atoms with Gasteiger partial charge < -0.3 is 13.9 Å². The number of hydrogen-bond donors (Lipinski definition) is 0. The Morgan fingerprint density at radius 2 is 1.90 bits per heavy atom. The molecule has 0 saturated carbocycles. The lowest BCUT2D eigenvalue weighted by molar-refractivity contribution is 0.0723. The first kappa shape index (κ1) is 18.6. The normalized spacial score (nSPS) is 15.7. The van der Waals surface area contributed by atoms with Gasteiger partial charge in [-0.1, -0.05) is 41.9 Å². The molecule has 1 unspecified atom stereocenters. The minimum atomic E-state index is -0.490. The third-order valence-corrected chi connectivity index (χ3v) is 5.65. The Morgan fingerprint density at radius 1 is 1.07 bits per heavy atom. The fourth-order valence-corrected chi connectivity index (χ4v) is 4.22. The molecule has 1 aliphatic rings. The van der Waals surface area contributed by atoms with Crippen LogP contribution in [0.25, 0.3) is 11.0 Å². The SMILES string of the molecule is O=C1c2oc3ccc(Cl)cc3c(=O)c2C(c2ccccc2)N1CCCn1ccnc1. The van der Waals surface area contributed by atoms with Crippen molar-refractivity contribution in [3.8, 4) is 0 Å². The van der Waals surface area contributed by atoms with Crippen molar-refractivity contribution in [2.75, 3.05) is 6.54 Å². The summed E-state index contributed by atoms with van der Waals surface area (Å²) in [7, 11) is 0. The largest absolute Gasteiger partial charge is 0.450 e. The molecule has 0 spiro atoms. The van der Waals surface area contributed by atoms with Crippen LogP contribution in [0.15, 0.2) is 76.5 Å². The number of carbonyl (C=O) groups is 1. The first-order chi connectivity index (χ1) is 14.6. The zero-order chi connectivity index (χ0) is 20.7. The molecule has 3 heterocycles. The second-order valence-corrected chi connectivity index (χ2v) is 7.72. The number of halogens is 1. The van der Waals surface area contributed by atoms with E-state index >= 15 is 0 Å². The van der Waals surface area contributed by atoms with E-state index in [1.807, 2.05) is 41.1 Å². The van der Waals surface area contributed by atoms with Gasteiger partial charge in [-0.3, -0.25) is 9.59 Å². The summed E-state index contributed by atoms with van der Waals surface area (Å²) in [6.07, 6.45) is 6.08. The second kappa shape index (κ2) is 7.46. The molecule has 1 aliphatic heterocycles. The number of nitrogens with zero attached hydrogens (tertiary/aromatic N) is 3. The van der Waals surface area contributed by atoms with Gasteiger partial charge in [-0.05, 0) is 30.2 Å². The maximum absolute atomic E-state index is 13.4. The predicted molar refractivity (Wildman–Crippen MR) is 114 cm³/mol. The number of imidazole rings is 1. The van der Waals surface area contributed by atoms with E-state index in [0.29, 0.717) is 28.1 Å². The summed E-state index contributed by atoms with van der Waals surface area (Å²) >= 11 is 6.10. The summed E-state index contributed by atoms with van der Waals surface area (Å²) in [5.74, 6) is -0.148. The third-order valence-electron chi connectivity index (χ3n) is 5.42. The highest BCUT2D eigenvalue weighted by molar-refractivity contribution is 6.31. The Hall–Kier alpha value is -3.38. The van der Waals surface area contributed by atoms with Crippen LogP contribution in [0.1, 0.15) is 34.1 Å².